The van der Waals surface area contributed by atoms with Crippen molar-refractivity contribution in [1.29, 1.82) is 0 Å². The first-order valence-electron chi connectivity index (χ1n) is 13.0. The van der Waals surface area contributed by atoms with Gasteiger partial charge in [-0.1, -0.05) is 25.4 Å². The monoisotopic (exact) mass is 611 g/mol. The van der Waals surface area contributed by atoms with Gasteiger partial charge in [-0.2, -0.15) is 0 Å². The van der Waals surface area contributed by atoms with Crippen LogP contribution in [0.2, 0.25) is 5.02 Å². The summed E-state index contributed by atoms with van der Waals surface area (Å²) in [6.07, 6.45) is -0.660. The van der Waals surface area contributed by atoms with Crippen molar-refractivity contribution in [3.8, 4) is 5.75 Å². The predicted octanol–water partition coefficient (Wildman–Crippen LogP) is 4.54. The molecule has 224 valence electrons. The molecule has 1 aliphatic heterocycles. The van der Waals surface area contributed by atoms with Gasteiger partial charge in [-0.3, -0.25) is 14.4 Å². The van der Waals surface area contributed by atoms with Crippen LogP contribution in [0.15, 0.2) is 36.4 Å². The van der Waals surface area contributed by atoms with Crippen LogP contribution in [0.1, 0.15) is 80.3 Å². The second kappa shape index (κ2) is 13.6. The molecule has 2 aromatic carbocycles. The molecule has 2 aromatic rings. The minimum absolute atomic E-state index is 0. The first-order chi connectivity index (χ1) is 18.6. The Morgan fingerprint density at radius 3 is 2.32 bits per heavy atom. The average molecular weight is 613 g/mol. The lowest BCUT2D eigenvalue weighted by Gasteiger charge is -2.44. The maximum atomic E-state index is 13.7. The zero-order valence-electron chi connectivity index (χ0n) is 23.7. The fourth-order valence-corrected chi connectivity index (χ4v) is 4.64. The first kappa shape index (κ1) is 34.0. The lowest BCUT2D eigenvalue weighted by atomic mass is 9.85. The van der Waals surface area contributed by atoms with Crippen LogP contribution in [0.4, 0.5) is 4.39 Å². The van der Waals surface area contributed by atoms with Gasteiger partial charge in [0.1, 0.15) is 23.2 Å². The molecule has 4 N–H and O–H groups in total. The van der Waals surface area contributed by atoms with Crippen molar-refractivity contribution in [2.24, 2.45) is 11.7 Å². The Labute approximate surface area is 250 Å². The van der Waals surface area contributed by atoms with Crippen LogP contribution < -0.4 is 21.1 Å². The zero-order valence-corrected chi connectivity index (χ0v) is 25.3. The standard InChI is InChI=1S/C29H35ClFN3O6.ClH/c1-14(2)11-22(32)27(37)33-15(3)28(38)39-25-24(34-26(36)18-7-9-21(31)20(30)13-18)19-12-17(16(4)35)8-10-23(19)40-29(25,5)6;/h7-10,12-15,22,24-25H,11,32H2,1-6H3,(H,33,37)(H,34,36);1H/t15-,22-,24-,25-;/m0./s1. The van der Waals surface area contributed by atoms with Gasteiger partial charge in [-0.25, -0.2) is 9.18 Å². The molecule has 1 aliphatic rings. The molecule has 4 atom stereocenters. The number of ketones is 1. The Morgan fingerprint density at radius 1 is 1.10 bits per heavy atom. The van der Waals surface area contributed by atoms with Crippen LogP contribution in [0.5, 0.6) is 5.75 Å². The number of fused-ring (bicyclic) bond motifs is 1. The molecule has 41 heavy (non-hydrogen) atoms. The van der Waals surface area contributed by atoms with E-state index in [1.165, 1.54) is 26.0 Å². The van der Waals surface area contributed by atoms with E-state index >= 15 is 0 Å². The minimum atomic E-state index is -1.16. The number of Topliss-reactive ketones (excluding diaryl/α,β-unsaturated/α-hetero) is 1. The van der Waals surface area contributed by atoms with E-state index in [9.17, 15) is 23.6 Å². The van der Waals surface area contributed by atoms with Crippen molar-refractivity contribution < 1.29 is 33.0 Å². The Morgan fingerprint density at radius 2 is 1.73 bits per heavy atom. The van der Waals surface area contributed by atoms with Gasteiger partial charge in [0.15, 0.2) is 11.9 Å². The first-order valence-corrected chi connectivity index (χ1v) is 13.3. The number of carbonyl (C=O) groups excluding carboxylic acids is 4. The minimum Gasteiger partial charge on any atom is -0.484 e. The molecule has 3 rings (SSSR count). The number of esters is 1. The normalized spacial score (nSPS) is 18.6. The van der Waals surface area contributed by atoms with E-state index in [1.54, 1.807) is 32.0 Å². The number of hydrogen-bond acceptors (Lipinski definition) is 7. The van der Waals surface area contributed by atoms with Gasteiger partial charge >= 0.3 is 5.97 Å². The maximum Gasteiger partial charge on any atom is 0.328 e. The summed E-state index contributed by atoms with van der Waals surface area (Å²) in [6.45, 7) is 10.1. The van der Waals surface area contributed by atoms with E-state index in [-0.39, 0.29) is 34.7 Å². The highest BCUT2D eigenvalue weighted by molar-refractivity contribution is 6.31. The van der Waals surface area contributed by atoms with Gasteiger partial charge in [0.2, 0.25) is 5.91 Å². The molecule has 12 heteroatoms. The zero-order chi connectivity index (χ0) is 29.9. The molecule has 9 nitrogen and oxygen atoms in total. The molecule has 0 fully saturated rings. The lowest BCUT2D eigenvalue weighted by Crippen LogP contribution is -2.57. The topological polar surface area (TPSA) is 137 Å². The lowest BCUT2D eigenvalue weighted by molar-refractivity contribution is -0.168. The number of hydrogen-bond donors (Lipinski definition) is 3. The number of rotatable bonds is 9. The van der Waals surface area contributed by atoms with Gasteiger partial charge in [0.05, 0.1) is 17.1 Å². The quantitative estimate of drug-likeness (QED) is 0.280. The average Bonchev–Trinajstić information content (AvgIpc) is 2.86. The largest absolute Gasteiger partial charge is 0.484 e. The molecule has 1 heterocycles. The molecule has 0 aromatic heterocycles. The second-order valence-electron chi connectivity index (χ2n) is 10.9. The van der Waals surface area contributed by atoms with E-state index in [4.69, 9.17) is 26.8 Å². The van der Waals surface area contributed by atoms with E-state index in [2.05, 4.69) is 10.6 Å². The molecule has 0 saturated heterocycles. The van der Waals surface area contributed by atoms with Crippen LogP contribution >= 0.6 is 24.0 Å². The second-order valence-corrected chi connectivity index (χ2v) is 11.3. The highest BCUT2D eigenvalue weighted by Crippen LogP contribution is 2.42. The summed E-state index contributed by atoms with van der Waals surface area (Å²) >= 11 is 5.88. The van der Waals surface area contributed by atoms with Crippen LogP contribution in [-0.4, -0.2) is 47.4 Å². The predicted molar refractivity (Wildman–Crippen MR) is 155 cm³/mol. The van der Waals surface area contributed by atoms with Crippen molar-refractivity contribution in [2.75, 3.05) is 0 Å². The molecule has 0 saturated carbocycles. The fraction of sp³-hybridized carbons (Fsp3) is 0.448. The van der Waals surface area contributed by atoms with E-state index in [0.29, 0.717) is 23.3 Å². The van der Waals surface area contributed by atoms with E-state index in [1.807, 2.05) is 13.8 Å². The number of nitrogens with one attached hydrogen (secondary N) is 2. The van der Waals surface area contributed by atoms with Crippen LogP contribution in [0.3, 0.4) is 0 Å². The molecule has 0 aliphatic carbocycles. The molecule has 2 amide bonds. The summed E-state index contributed by atoms with van der Waals surface area (Å²) in [6, 6.07) is 5.46. The fourth-order valence-electron chi connectivity index (χ4n) is 4.46. The van der Waals surface area contributed by atoms with Crippen molar-refractivity contribution >= 4 is 47.6 Å². The number of ether oxygens (including phenoxy) is 2. The Bertz CT molecular complexity index is 1320. The van der Waals surface area contributed by atoms with E-state index in [0.717, 1.165) is 6.07 Å². The summed E-state index contributed by atoms with van der Waals surface area (Å²) in [5.74, 6) is -2.22. The third-order valence-electron chi connectivity index (χ3n) is 6.60. The van der Waals surface area contributed by atoms with Gasteiger partial charge in [-0.15, -0.1) is 12.4 Å². The Kier molecular flexibility index (Phi) is 11.3. The summed E-state index contributed by atoms with van der Waals surface area (Å²) in [5, 5.41) is 5.18. The Hall–Kier alpha value is -3.21. The van der Waals surface area contributed by atoms with Crippen LogP contribution in [-0.2, 0) is 14.3 Å². The molecule has 0 unspecified atom stereocenters. The van der Waals surface area contributed by atoms with Gasteiger partial charge in [-0.05, 0) is 76.4 Å². The molecule has 0 radical (unpaired) electrons. The summed E-state index contributed by atoms with van der Waals surface area (Å²) in [4.78, 5) is 51.1. The summed E-state index contributed by atoms with van der Waals surface area (Å²) in [7, 11) is 0. The van der Waals surface area contributed by atoms with E-state index < -0.39 is 53.4 Å². The van der Waals surface area contributed by atoms with Crippen LogP contribution in [0, 0.1) is 11.7 Å². The highest BCUT2D eigenvalue weighted by atomic mass is 35.5. The molecular weight excluding hydrogens is 576 g/mol. The van der Waals surface area contributed by atoms with Crippen molar-refractivity contribution in [3.63, 3.8) is 0 Å². The van der Waals surface area contributed by atoms with Crippen molar-refractivity contribution in [1.82, 2.24) is 10.6 Å². The molecule has 0 bridgehead atoms. The number of amides is 2. The number of halogens is 3. The third kappa shape index (κ3) is 8.18. The van der Waals surface area contributed by atoms with Gasteiger partial charge < -0.3 is 25.8 Å². The molecular formula is C29H36Cl2FN3O6. The van der Waals surface area contributed by atoms with Gasteiger partial charge in [0.25, 0.3) is 5.91 Å². The van der Waals surface area contributed by atoms with Crippen molar-refractivity contribution in [2.45, 2.75) is 77.8 Å². The van der Waals surface area contributed by atoms with Crippen LogP contribution in [0.25, 0.3) is 0 Å². The van der Waals surface area contributed by atoms with Crippen molar-refractivity contribution in [3.05, 3.63) is 63.9 Å². The maximum absolute atomic E-state index is 13.7. The van der Waals surface area contributed by atoms with Gasteiger partial charge in [0, 0.05) is 16.7 Å². The Balaban J connectivity index is 0.00000588. The SMILES string of the molecule is CC(=O)c1ccc2c(c1)[C@H](NC(=O)c1ccc(F)c(Cl)c1)[C@H](OC(=O)[C@H](C)NC(=O)[C@@H](N)CC(C)C)C(C)(C)O2.Cl. The highest BCUT2D eigenvalue weighted by Gasteiger charge is 2.48. The molecule has 0 spiro atoms. The summed E-state index contributed by atoms with van der Waals surface area (Å²) < 4.78 is 25.7. The third-order valence-corrected chi connectivity index (χ3v) is 6.89. The number of nitrogens with two attached hydrogens (primary N) is 1. The number of carbonyl (C=O) groups is 4. The number of benzene rings is 2. The smallest absolute Gasteiger partial charge is 0.328 e. The summed E-state index contributed by atoms with van der Waals surface area (Å²) in [5.41, 5.74) is 5.63.